The fraction of sp³-hybridized carbons (Fsp3) is 0.538. The molecular formula is C13H20N4O2. The third-order valence-corrected chi connectivity index (χ3v) is 3.56. The van der Waals surface area contributed by atoms with Gasteiger partial charge in [0.15, 0.2) is 0 Å². The van der Waals surface area contributed by atoms with E-state index in [9.17, 15) is 4.79 Å². The Labute approximate surface area is 112 Å². The lowest BCUT2D eigenvalue weighted by molar-refractivity contribution is -0.125. The molecule has 0 radical (unpaired) electrons. The van der Waals surface area contributed by atoms with E-state index >= 15 is 0 Å². The Bertz CT molecular complexity index is 477. The van der Waals surface area contributed by atoms with Crippen LogP contribution in [0.25, 0.3) is 0 Å². The van der Waals surface area contributed by atoms with Gasteiger partial charge in [-0.05, 0) is 13.0 Å². The van der Waals surface area contributed by atoms with Crippen LogP contribution in [0.5, 0.6) is 0 Å². The van der Waals surface area contributed by atoms with Crippen molar-refractivity contribution in [2.45, 2.75) is 13.0 Å². The first kappa shape index (κ1) is 13.8. The normalized spacial score (nSPS) is 26.2. The molecule has 0 saturated carbocycles. The van der Waals surface area contributed by atoms with E-state index in [1.165, 1.54) is 0 Å². The van der Waals surface area contributed by atoms with Crippen molar-refractivity contribution in [1.29, 1.82) is 0 Å². The summed E-state index contributed by atoms with van der Waals surface area (Å²) >= 11 is 0. The molecule has 2 heterocycles. The summed E-state index contributed by atoms with van der Waals surface area (Å²) in [6, 6.07) is 1.57. The van der Waals surface area contributed by atoms with Gasteiger partial charge >= 0.3 is 0 Å². The molecule has 6 nitrogen and oxygen atoms in total. The van der Waals surface area contributed by atoms with Crippen molar-refractivity contribution in [1.82, 2.24) is 4.98 Å². The standard InChI is InChI=1S/C13H20N4O2/c1-13(8-19-7-11(13)14)12(18)16-9-6-15-5-4-10(9)17(2)3/h4-6,11H,7-8,14H2,1-3H3,(H,16,18). The van der Waals surface area contributed by atoms with Crippen LogP contribution in [0.3, 0.4) is 0 Å². The van der Waals surface area contributed by atoms with E-state index in [-0.39, 0.29) is 11.9 Å². The summed E-state index contributed by atoms with van der Waals surface area (Å²) in [5.74, 6) is -0.131. The molecule has 104 valence electrons. The number of carbonyl (C=O) groups excluding carboxylic acids is 1. The van der Waals surface area contributed by atoms with Crippen LogP contribution in [-0.4, -0.2) is 44.2 Å². The second-order valence-corrected chi connectivity index (χ2v) is 5.28. The summed E-state index contributed by atoms with van der Waals surface area (Å²) in [6.45, 7) is 2.58. The molecular weight excluding hydrogens is 244 g/mol. The summed E-state index contributed by atoms with van der Waals surface area (Å²) in [5, 5.41) is 2.90. The van der Waals surface area contributed by atoms with Gasteiger partial charge in [-0.3, -0.25) is 9.78 Å². The van der Waals surface area contributed by atoms with Crippen LogP contribution in [-0.2, 0) is 9.53 Å². The van der Waals surface area contributed by atoms with Gasteiger partial charge in [-0.1, -0.05) is 0 Å². The predicted molar refractivity (Wildman–Crippen MR) is 74.1 cm³/mol. The molecule has 19 heavy (non-hydrogen) atoms. The summed E-state index contributed by atoms with van der Waals surface area (Å²) in [5.41, 5.74) is 6.84. The highest BCUT2D eigenvalue weighted by molar-refractivity contribution is 5.98. The number of rotatable bonds is 3. The zero-order chi connectivity index (χ0) is 14.0. The second kappa shape index (κ2) is 5.14. The van der Waals surface area contributed by atoms with E-state index in [2.05, 4.69) is 10.3 Å². The zero-order valence-corrected chi connectivity index (χ0v) is 11.5. The molecule has 1 aromatic heterocycles. The Morgan fingerprint density at radius 3 is 2.95 bits per heavy atom. The number of aromatic nitrogens is 1. The quantitative estimate of drug-likeness (QED) is 0.828. The van der Waals surface area contributed by atoms with Gasteiger partial charge in [-0.2, -0.15) is 0 Å². The summed E-state index contributed by atoms with van der Waals surface area (Å²) < 4.78 is 5.30. The summed E-state index contributed by atoms with van der Waals surface area (Å²) in [6.07, 6.45) is 3.33. The van der Waals surface area contributed by atoms with E-state index in [1.54, 1.807) is 12.4 Å². The fourth-order valence-corrected chi connectivity index (χ4v) is 2.06. The second-order valence-electron chi connectivity index (χ2n) is 5.28. The van der Waals surface area contributed by atoms with Crippen LogP contribution in [0.4, 0.5) is 11.4 Å². The molecule has 2 rings (SSSR count). The average molecular weight is 264 g/mol. The van der Waals surface area contributed by atoms with Gasteiger partial charge in [0.25, 0.3) is 0 Å². The summed E-state index contributed by atoms with van der Waals surface area (Å²) in [4.78, 5) is 18.4. The van der Waals surface area contributed by atoms with E-state index in [0.717, 1.165) is 5.69 Å². The van der Waals surface area contributed by atoms with Gasteiger partial charge in [0.05, 0.1) is 36.2 Å². The van der Waals surface area contributed by atoms with E-state index in [1.807, 2.05) is 32.0 Å². The Balaban J connectivity index is 2.20. The summed E-state index contributed by atoms with van der Waals surface area (Å²) in [7, 11) is 3.83. The monoisotopic (exact) mass is 264 g/mol. The van der Waals surface area contributed by atoms with E-state index in [4.69, 9.17) is 10.5 Å². The van der Waals surface area contributed by atoms with Crippen molar-refractivity contribution in [3.63, 3.8) is 0 Å². The lowest BCUT2D eigenvalue weighted by atomic mass is 9.85. The molecule has 0 aliphatic carbocycles. The van der Waals surface area contributed by atoms with E-state index in [0.29, 0.717) is 18.9 Å². The molecule has 2 unspecified atom stereocenters. The molecule has 3 N–H and O–H groups in total. The highest BCUT2D eigenvalue weighted by Crippen LogP contribution is 2.30. The minimum Gasteiger partial charge on any atom is -0.379 e. The molecule has 1 aliphatic rings. The lowest BCUT2D eigenvalue weighted by Crippen LogP contribution is -2.47. The van der Waals surface area contributed by atoms with Gasteiger partial charge < -0.3 is 20.7 Å². The lowest BCUT2D eigenvalue weighted by Gasteiger charge is -2.26. The molecule has 1 fully saturated rings. The van der Waals surface area contributed by atoms with Crippen molar-refractivity contribution in [3.05, 3.63) is 18.5 Å². The molecule has 1 amide bonds. The number of ether oxygens (including phenoxy) is 1. The molecule has 2 atom stereocenters. The smallest absolute Gasteiger partial charge is 0.234 e. The van der Waals surface area contributed by atoms with Crippen LogP contribution < -0.4 is 16.0 Å². The minimum atomic E-state index is -0.695. The third-order valence-electron chi connectivity index (χ3n) is 3.56. The third kappa shape index (κ3) is 2.54. The molecule has 1 aromatic rings. The average Bonchev–Trinajstić information content (AvgIpc) is 2.71. The molecule has 6 heteroatoms. The van der Waals surface area contributed by atoms with Crippen LogP contribution in [0.1, 0.15) is 6.92 Å². The fourth-order valence-electron chi connectivity index (χ4n) is 2.06. The van der Waals surface area contributed by atoms with Crippen LogP contribution in [0.15, 0.2) is 18.5 Å². The van der Waals surface area contributed by atoms with Crippen molar-refractivity contribution in [2.75, 3.05) is 37.5 Å². The number of hydrogen-bond donors (Lipinski definition) is 2. The van der Waals surface area contributed by atoms with Crippen molar-refractivity contribution in [3.8, 4) is 0 Å². The maximum absolute atomic E-state index is 12.4. The zero-order valence-electron chi connectivity index (χ0n) is 11.5. The van der Waals surface area contributed by atoms with Crippen molar-refractivity contribution >= 4 is 17.3 Å². The molecule has 1 saturated heterocycles. The van der Waals surface area contributed by atoms with Gasteiger partial charge in [0, 0.05) is 26.3 Å². The first-order valence-electron chi connectivity index (χ1n) is 6.21. The predicted octanol–water partition coefficient (Wildman–Crippen LogP) is 0.450. The number of nitrogens with zero attached hydrogens (tertiary/aromatic N) is 2. The molecule has 0 aromatic carbocycles. The van der Waals surface area contributed by atoms with Crippen LogP contribution >= 0.6 is 0 Å². The minimum absolute atomic E-state index is 0.131. The highest BCUT2D eigenvalue weighted by atomic mass is 16.5. The van der Waals surface area contributed by atoms with Gasteiger partial charge in [-0.25, -0.2) is 0 Å². The Hall–Kier alpha value is -1.66. The topological polar surface area (TPSA) is 80.5 Å². The Morgan fingerprint density at radius 2 is 2.37 bits per heavy atom. The van der Waals surface area contributed by atoms with Crippen LogP contribution in [0, 0.1) is 5.41 Å². The number of pyridine rings is 1. The van der Waals surface area contributed by atoms with Crippen molar-refractivity contribution in [2.24, 2.45) is 11.1 Å². The Morgan fingerprint density at radius 1 is 1.63 bits per heavy atom. The number of nitrogens with two attached hydrogens (primary N) is 1. The van der Waals surface area contributed by atoms with Crippen molar-refractivity contribution < 1.29 is 9.53 Å². The largest absolute Gasteiger partial charge is 0.379 e. The van der Waals surface area contributed by atoms with Gasteiger partial charge in [0.1, 0.15) is 0 Å². The van der Waals surface area contributed by atoms with Gasteiger partial charge in [0.2, 0.25) is 5.91 Å². The maximum Gasteiger partial charge on any atom is 0.234 e. The highest BCUT2D eigenvalue weighted by Gasteiger charge is 2.44. The molecule has 0 spiro atoms. The first-order valence-corrected chi connectivity index (χ1v) is 6.21. The molecule has 0 bridgehead atoms. The molecule has 1 aliphatic heterocycles. The van der Waals surface area contributed by atoms with E-state index < -0.39 is 5.41 Å². The SMILES string of the molecule is CN(C)c1ccncc1NC(=O)C1(C)COCC1N. The number of nitrogens with one attached hydrogen (secondary N) is 1. The first-order chi connectivity index (χ1) is 8.95. The number of amides is 1. The number of anilines is 2. The van der Waals surface area contributed by atoms with Crippen LogP contribution in [0.2, 0.25) is 0 Å². The number of carbonyl (C=O) groups is 1. The maximum atomic E-state index is 12.4. The van der Waals surface area contributed by atoms with Gasteiger partial charge in [-0.15, -0.1) is 0 Å². The number of hydrogen-bond acceptors (Lipinski definition) is 5. The Kier molecular flexibility index (Phi) is 3.73.